The number of likely N-dealkylation sites (tertiary alicyclic amines) is 1. The molecule has 2 nitrogen and oxygen atoms in total. The lowest BCUT2D eigenvalue weighted by molar-refractivity contribution is 0.263. The lowest BCUT2D eigenvalue weighted by atomic mass is 9.96. The Labute approximate surface area is 121 Å². The van der Waals surface area contributed by atoms with E-state index < -0.39 is 0 Å². The lowest BCUT2D eigenvalue weighted by Gasteiger charge is -2.21. The van der Waals surface area contributed by atoms with Gasteiger partial charge >= 0.3 is 0 Å². The molecule has 2 N–H and O–H groups in total. The lowest BCUT2D eigenvalue weighted by Crippen LogP contribution is -2.26. The fourth-order valence-corrected chi connectivity index (χ4v) is 3.54. The number of nitrogens with zero attached hydrogens (tertiary/aromatic N) is 1. The van der Waals surface area contributed by atoms with Gasteiger partial charge in [-0.2, -0.15) is 0 Å². The summed E-state index contributed by atoms with van der Waals surface area (Å²) in [6.07, 6.45) is 12.4. The molecule has 1 saturated heterocycles. The second-order valence-electron chi connectivity index (χ2n) is 6.42. The number of rotatable bonds is 9. The van der Waals surface area contributed by atoms with E-state index >= 15 is 0 Å². The van der Waals surface area contributed by atoms with Crippen molar-refractivity contribution in [3.05, 3.63) is 0 Å². The Morgan fingerprint density at radius 2 is 2.00 bits per heavy atom. The van der Waals surface area contributed by atoms with E-state index in [1.165, 1.54) is 77.4 Å². The minimum absolute atomic E-state index is 0.862. The molecule has 114 valence electrons. The van der Waals surface area contributed by atoms with Crippen molar-refractivity contribution in [1.29, 1.82) is 0 Å². The predicted molar refractivity (Wildman–Crippen MR) is 85.4 cm³/mol. The zero-order valence-corrected chi connectivity index (χ0v) is 13.4. The highest BCUT2D eigenvalue weighted by Gasteiger charge is 2.16. The van der Waals surface area contributed by atoms with Crippen LogP contribution in [0.5, 0.6) is 0 Å². The molecule has 1 aliphatic rings. The molecule has 0 aliphatic carbocycles. The summed E-state index contributed by atoms with van der Waals surface area (Å²) in [5.74, 6) is 1.88. The van der Waals surface area contributed by atoms with Gasteiger partial charge in [-0.25, -0.2) is 0 Å². The highest BCUT2D eigenvalue weighted by atomic mass is 15.1. The van der Waals surface area contributed by atoms with Gasteiger partial charge in [-0.15, -0.1) is 0 Å². The first-order chi connectivity index (χ1) is 9.30. The second-order valence-corrected chi connectivity index (χ2v) is 6.42. The summed E-state index contributed by atoms with van der Waals surface area (Å²) < 4.78 is 0. The van der Waals surface area contributed by atoms with E-state index in [0.29, 0.717) is 0 Å². The van der Waals surface area contributed by atoms with Gasteiger partial charge in [0.15, 0.2) is 0 Å². The van der Waals surface area contributed by atoms with Crippen molar-refractivity contribution < 1.29 is 0 Å². The molecule has 19 heavy (non-hydrogen) atoms. The third-order valence-electron chi connectivity index (χ3n) is 4.88. The molecule has 2 heteroatoms. The maximum Gasteiger partial charge on any atom is -0.00161 e. The summed E-state index contributed by atoms with van der Waals surface area (Å²) in [5, 5.41) is 0. The molecule has 0 aromatic rings. The summed E-state index contributed by atoms with van der Waals surface area (Å²) >= 11 is 0. The van der Waals surface area contributed by atoms with Gasteiger partial charge in [0, 0.05) is 0 Å². The first-order valence-electron chi connectivity index (χ1n) is 8.72. The van der Waals surface area contributed by atoms with Crippen LogP contribution in [0.1, 0.15) is 71.6 Å². The van der Waals surface area contributed by atoms with Crippen molar-refractivity contribution in [2.75, 3.05) is 26.2 Å². The highest BCUT2D eigenvalue weighted by molar-refractivity contribution is 4.70. The van der Waals surface area contributed by atoms with Gasteiger partial charge in [-0.05, 0) is 76.5 Å². The SMILES string of the molecule is CCCC1CCCN(CCCC(CC)CCN)CC1. The van der Waals surface area contributed by atoms with Crippen LogP contribution in [0.15, 0.2) is 0 Å². The number of nitrogens with two attached hydrogens (primary N) is 1. The summed E-state index contributed by atoms with van der Waals surface area (Å²) in [6, 6.07) is 0. The van der Waals surface area contributed by atoms with Gasteiger partial charge in [0.2, 0.25) is 0 Å². The Morgan fingerprint density at radius 1 is 1.16 bits per heavy atom. The highest BCUT2D eigenvalue weighted by Crippen LogP contribution is 2.22. The van der Waals surface area contributed by atoms with Crippen molar-refractivity contribution in [3.8, 4) is 0 Å². The second kappa shape index (κ2) is 10.7. The van der Waals surface area contributed by atoms with Crippen LogP contribution >= 0.6 is 0 Å². The van der Waals surface area contributed by atoms with Crippen molar-refractivity contribution >= 4 is 0 Å². The molecule has 0 spiro atoms. The zero-order valence-electron chi connectivity index (χ0n) is 13.4. The first kappa shape index (κ1) is 17.0. The quantitative estimate of drug-likeness (QED) is 0.684. The first-order valence-corrected chi connectivity index (χ1v) is 8.72. The monoisotopic (exact) mass is 268 g/mol. The van der Waals surface area contributed by atoms with E-state index in [9.17, 15) is 0 Å². The largest absolute Gasteiger partial charge is 0.330 e. The smallest absolute Gasteiger partial charge is 0.00161 e. The van der Waals surface area contributed by atoms with Gasteiger partial charge in [-0.3, -0.25) is 0 Å². The van der Waals surface area contributed by atoms with Crippen LogP contribution in [-0.2, 0) is 0 Å². The molecule has 2 unspecified atom stereocenters. The predicted octanol–water partition coefficient (Wildman–Crippen LogP) is 4.04. The molecule has 1 heterocycles. The number of hydrogen-bond acceptors (Lipinski definition) is 2. The van der Waals surface area contributed by atoms with Crippen LogP contribution in [0.4, 0.5) is 0 Å². The molecule has 0 amide bonds. The van der Waals surface area contributed by atoms with E-state index in [1.807, 2.05) is 0 Å². The Morgan fingerprint density at radius 3 is 2.68 bits per heavy atom. The van der Waals surface area contributed by atoms with Gasteiger partial charge < -0.3 is 10.6 Å². The molecule has 0 saturated carbocycles. The molecule has 1 fully saturated rings. The van der Waals surface area contributed by atoms with Crippen molar-refractivity contribution in [3.63, 3.8) is 0 Å². The molecule has 0 aromatic heterocycles. The van der Waals surface area contributed by atoms with E-state index in [4.69, 9.17) is 5.73 Å². The molecule has 0 bridgehead atoms. The Balaban J connectivity index is 2.15. The van der Waals surface area contributed by atoms with Crippen molar-refractivity contribution in [1.82, 2.24) is 4.90 Å². The summed E-state index contributed by atoms with van der Waals surface area (Å²) in [7, 11) is 0. The van der Waals surface area contributed by atoms with E-state index in [-0.39, 0.29) is 0 Å². The summed E-state index contributed by atoms with van der Waals surface area (Å²) in [4.78, 5) is 2.71. The fourth-order valence-electron chi connectivity index (χ4n) is 3.54. The average Bonchev–Trinajstić information content (AvgIpc) is 2.64. The Bertz CT molecular complexity index is 205. The minimum atomic E-state index is 0.862. The Kier molecular flexibility index (Phi) is 9.54. The molecule has 1 rings (SSSR count). The average molecular weight is 268 g/mol. The fraction of sp³-hybridized carbons (Fsp3) is 1.00. The third-order valence-corrected chi connectivity index (χ3v) is 4.88. The van der Waals surface area contributed by atoms with Gasteiger partial charge in [0.25, 0.3) is 0 Å². The van der Waals surface area contributed by atoms with Crippen molar-refractivity contribution in [2.45, 2.75) is 71.6 Å². The summed E-state index contributed by atoms with van der Waals surface area (Å²) in [6.45, 7) is 9.50. The molecule has 0 aromatic carbocycles. The molecule has 2 atom stereocenters. The van der Waals surface area contributed by atoms with Crippen LogP contribution < -0.4 is 5.73 Å². The van der Waals surface area contributed by atoms with Crippen LogP contribution in [-0.4, -0.2) is 31.1 Å². The third kappa shape index (κ3) is 7.31. The molecule has 0 radical (unpaired) electrons. The molecule has 1 aliphatic heterocycles. The number of hydrogen-bond donors (Lipinski definition) is 1. The molecular formula is C17H36N2. The maximum absolute atomic E-state index is 5.67. The maximum atomic E-state index is 5.67. The van der Waals surface area contributed by atoms with Crippen LogP contribution in [0.2, 0.25) is 0 Å². The van der Waals surface area contributed by atoms with E-state index in [0.717, 1.165) is 18.4 Å². The van der Waals surface area contributed by atoms with Crippen LogP contribution in [0.3, 0.4) is 0 Å². The Hall–Kier alpha value is -0.0800. The zero-order chi connectivity index (χ0) is 13.9. The normalized spacial score (nSPS) is 23.2. The van der Waals surface area contributed by atoms with Crippen LogP contribution in [0.25, 0.3) is 0 Å². The van der Waals surface area contributed by atoms with Gasteiger partial charge in [0.05, 0.1) is 0 Å². The van der Waals surface area contributed by atoms with E-state index in [1.54, 1.807) is 0 Å². The van der Waals surface area contributed by atoms with Gasteiger partial charge in [-0.1, -0.05) is 33.1 Å². The molecular weight excluding hydrogens is 232 g/mol. The topological polar surface area (TPSA) is 29.3 Å². The van der Waals surface area contributed by atoms with E-state index in [2.05, 4.69) is 18.7 Å². The van der Waals surface area contributed by atoms with Crippen LogP contribution in [0, 0.1) is 11.8 Å². The minimum Gasteiger partial charge on any atom is -0.330 e. The van der Waals surface area contributed by atoms with Crippen molar-refractivity contribution in [2.24, 2.45) is 17.6 Å². The summed E-state index contributed by atoms with van der Waals surface area (Å²) in [5.41, 5.74) is 5.67. The van der Waals surface area contributed by atoms with Gasteiger partial charge in [0.1, 0.15) is 0 Å². The standard InChI is InChI=1S/C17H36N2/c1-3-7-17-9-6-14-19(15-11-17)13-5-8-16(4-2)10-12-18/h16-17H,3-15,18H2,1-2H3.